The van der Waals surface area contributed by atoms with E-state index in [1.165, 1.54) is 12.1 Å². The molecule has 14 heavy (non-hydrogen) atoms. The summed E-state index contributed by atoms with van der Waals surface area (Å²) in [6, 6.07) is 2.92. The maximum Gasteiger partial charge on any atom is 0.262 e. The Morgan fingerprint density at radius 1 is 1.57 bits per heavy atom. The number of hydrogen-bond acceptors (Lipinski definition) is 2. The van der Waals surface area contributed by atoms with E-state index >= 15 is 0 Å². The Kier molecular flexibility index (Phi) is 1.96. The van der Waals surface area contributed by atoms with Crippen LogP contribution < -0.4 is 10.1 Å². The number of halogens is 1. The van der Waals surface area contributed by atoms with E-state index in [1.54, 1.807) is 6.07 Å². The van der Waals surface area contributed by atoms with Crippen LogP contribution >= 0.6 is 0 Å². The van der Waals surface area contributed by atoms with Gasteiger partial charge in [-0.25, -0.2) is 4.39 Å². The molecule has 0 aromatic heterocycles. The normalized spacial score (nSPS) is 13.9. The number of benzene rings is 1. The van der Waals surface area contributed by atoms with Crippen molar-refractivity contribution in [2.45, 2.75) is 0 Å². The van der Waals surface area contributed by atoms with Gasteiger partial charge in [0.15, 0.2) is 18.2 Å². The lowest BCUT2D eigenvalue weighted by Gasteiger charge is -2.18. The minimum absolute atomic E-state index is 0.0928. The van der Waals surface area contributed by atoms with Gasteiger partial charge in [-0.3, -0.25) is 4.79 Å². The topological polar surface area (TPSA) is 38.3 Å². The molecule has 1 amide bonds. The molecule has 1 aliphatic rings. The third-order valence-corrected chi connectivity index (χ3v) is 1.92. The van der Waals surface area contributed by atoms with Crippen LogP contribution in [-0.4, -0.2) is 12.5 Å². The lowest BCUT2D eigenvalue weighted by molar-refractivity contribution is -0.118. The van der Waals surface area contributed by atoms with Crippen molar-refractivity contribution in [2.75, 3.05) is 11.9 Å². The van der Waals surface area contributed by atoms with Gasteiger partial charge in [0.05, 0.1) is 5.69 Å². The molecule has 3 nitrogen and oxygen atoms in total. The molecular weight excluding hydrogens is 185 g/mol. The summed E-state index contributed by atoms with van der Waals surface area (Å²) in [7, 11) is 0. The zero-order valence-electron chi connectivity index (χ0n) is 7.34. The summed E-state index contributed by atoms with van der Waals surface area (Å²) in [5, 5.41) is 2.52. The molecule has 2 rings (SSSR count). The molecule has 0 saturated carbocycles. The van der Waals surface area contributed by atoms with E-state index in [-0.39, 0.29) is 18.3 Å². The molecule has 0 atom stereocenters. The van der Waals surface area contributed by atoms with Crippen LogP contribution in [0.2, 0.25) is 0 Å². The van der Waals surface area contributed by atoms with Crippen molar-refractivity contribution in [3.8, 4) is 5.75 Å². The minimum atomic E-state index is -0.489. The number of carbonyl (C=O) groups is 1. The van der Waals surface area contributed by atoms with Crippen LogP contribution in [0.25, 0.3) is 6.08 Å². The van der Waals surface area contributed by atoms with Crippen LogP contribution in [0.3, 0.4) is 0 Å². The monoisotopic (exact) mass is 193 g/mol. The van der Waals surface area contributed by atoms with Gasteiger partial charge in [0.1, 0.15) is 0 Å². The Morgan fingerprint density at radius 2 is 2.36 bits per heavy atom. The number of amides is 1. The Bertz CT molecular complexity index is 415. The van der Waals surface area contributed by atoms with Crippen LogP contribution in [0.5, 0.6) is 5.75 Å². The largest absolute Gasteiger partial charge is 0.478 e. The maximum absolute atomic E-state index is 13.3. The van der Waals surface area contributed by atoms with Crippen molar-refractivity contribution in [1.29, 1.82) is 0 Å². The molecule has 1 heterocycles. The first-order chi connectivity index (χ1) is 6.70. The van der Waals surface area contributed by atoms with Crippen LogP contribution in [0, 0.1) is 5.82 Å². The zero-order valence-corrected chi connectivity index (χ0v) is 7.34. The molecule has 1 aromatic carbocycles. The number of nitrogens with one attached hydrogen (secondary N) is 1. The molecular formula is C10H8FNO2. The third kappa shape index (κ3) is 1.35. The molecule has 0 spiro atoms. The summed E-state index contributed by atoms with van der Waals surface area (Å²) in [6.07, 6.45) is 1.50. The Balaban J connectivity index is 2.53. The van der Waals surface area contributed by atoms with E-state index in [2.05, 4.69) is 11.9 Å². The van der Waals surface area contributed by atoms with Crippen molar-refractivity contribution in [3.63, 3.8) is 0 Å². The Hall–Kier alpha value is -1.84. The highest BCUT2D eigenvalue weighted by Crippen LogP contribution is 2.32. The summed E-state index contributed by atoms with van der Waals surface area (Å²) in [5.41, 5.74) is 0.961. The van der Waals surface area contributed by atoms with E-state index in [0.717, 1.165) is 0 Å². The van der Waals surface area contributed by atoms with Gasteiger partial charge in [-0.1, -0.05) is 12.7 Å². The van der Waals surface area contributed by atoms with Gasteiger partial charge in [-0.15, -0.1) is 0 Å². The highest BCUT2D eigenvalue weighted by atomic mass is 19.1. The second kappa shape index (κ2) is 3.14. The van der Waals surface area contributed by atoms with E-state index in [4.69, 9.17) is 4.74 Å². The molecule has 0 bridgehead atoms. The SMILES string of the molecule is C=Cc1cc(F)c2c(c1)NC(=O)CO2. The van der Waals surface area contributed by atoms with E-state index < -0.39 is 5.82 Å². The summed E-state index contributed by atoms with van der Waals surface area (Å²) in [5.74, 6) is -0.675. The smallest absolute Gasteiger partial charge is 0.262 e. The van der Waals surface area contributed by atoms with Gasteiger partial charge in [0.2, 0.25) is 0 Å². The molecule has 0 radical (unpaired) electrons. The fourth-order valence-electron chi connectivity index (χ4n) is 1.30. The first-order valence-corrected chi connectivity index (χ1v) is 4.09. The fraction of sp³-hybridized carbons (Fsp3) is 0.100. The predicted octanol–water partition coefficient (Wildman–Crippen LogP) is 1.80. The van der Waals surface area contributed by atoms with Crippen LogP contribution in [0.1, 0.15) is 5.56 Å². The summed E-state index contributed by atoms with van der Waals surface area (Å²) in [6.45, 7) is 3.38. The number of ether oxygens (including phenoxy) is 1. The van der Waals surface area contributed by atoms with Crippen molar-refractivity contribution in [1.82, 2.24) is 0 Å². The average Bonchev–Trinajstić information content (AvgIpc) is 2.16. The molecule has 0 unspecified atom stereocenters. The molecule has 0 fully saturated rings. The van der Waals surface area contributed by atoms with Gasteiger partial charge in [0.25, 0.3) is 5.91 Å². The highest BCUT2D eigenvalue weighted by molar-refractivity contribution is 5.95. The second-order valence-electron chi connectivity index (χ2n) is 2.92. The number of fused-ring (bicyclic) bond motifs is 1. The molecule has 1 N–H and O–H groups in total. The van der Waals surface area contributed by atoms with E-state index in [1.807, 2.05) is 0 Å². The average molecular weight is 193 g/mol. The number of hydrogen-bond donors (Lipinski definition) is 1. The number of anilines is 1. The van der Waals surface area contributed by atoms with Crippen LogP contribution in [0.4, 0.5) is 10.1 Å². The molecule has 1 aliphatic heterocycles. The van der Waals surface area contributed by atoms with E-state index in [9.17, 15) is 9.18 Å². The van der Waals surface area contributed by atoms with Crippen molar-refractivity contribution in [2.24, 2.45) is 0 Å². The number of carbonyl (C=O) groups excluding carboxylic acids is 1. The second-order valence-corrected chi connectivity index (χ2v) is 2.92. The van der Waals surface area contributed by atoms with Crippen molar-refractivity contribution >= 4 is 17.7 Å². The van der Waals surface area contributed by atoms with Crippen molar-refractivity contribution in [3.05, 3.63) is 30.1 Å². The fourth-order valence-corrected chi connectivity index (χ4v) is 1.30. The Morgan fingerprint density at radius 3 is 3.07 bits per heavy atom. The number of rotatable bonds is 1. The lowest BCUT2D eigenvalue weighted by Crippen LogP contribution is -2.26. The van der Waals surface area contributed by atoms with Crippen LogP contribution in [0.15, 0.2) is 18.7 Å². The van der Waals surface area contributed by atoms with E-state index in [0.29, 0.717) is 11.3 Å². The van der Waals surface area contributed by atoms with Gasteiger partial charge in [0, 0.05) is 0 Å². The Labute approximate surface area is 80.2 Å². The van der Waals surface area contributed by atoms with Crippen LogP contribution in [-0.2, 0) is 4.79 Å². The summed E-state index contributed by atoms with van der Waals surface area (Å²) in [4.78, 5) is 11.0. The maximum atomic E-state index is 13.3. The molecule has 72 valence electrons. The molecule has 0 aliphatic carbocycles. The lowest BCUT2D eigenvalue weighted by atomic mass is 10.1. The first-order valence-electron chi connectivity index (χ1n) is 4.09. The van der Waals surface area contributed by atoms with Gasteiger partial charge >= 0.3 is 0 Å². The third-order valence-electron chi connectivity index (χ3n) is 1.92. The minimum Gasteiger partial charge on any atom is -0.478 e. The zero-order chi connectivity index (χ0) is 10.1. The molecule has 0 saturated heterocycles. The highest BCUT2D eigenvalue weighted by Gasteiger charge is 2.19. The quantitative estimate of drug-likeness (QED) is 0.738. The molecule has 1 aromatic rings. The van der Waals surface area contributed by atoms with Gasteiger partial charge < -0.3 is 10.1 Å². The molecule has 4 heteroatoms. The summed E-state index contributed by atoms with van der Waals surface area (Å²) >= 11 is 0. The summed E-state index contributed by atoms with van der Waals surface area (Å²) < 4.78 is 18.3. The predicted molar refractivity (Wildman–Crippen MR) is 50.6 cm³/mol. The van der Waals surface area contributed by atoms with Gasteiger partial charge in [-0.2, -0.15) is 0 Å². The standard InChI is InChI=1S/C10H8FNO2/c1-2-6-3-7(11)10-8(4-6)12-9(13)5-14-10/h2-4H,1,5H2,(H,12,13). The first kappa shape index (κ1) is 8.74. The van der Waals surface area contributed by atoms with Gasteiger partial charge in [-0.05, 0) is 17.7 Å². The van der Waals surface area contributed by atoms with Crippen molar-refractivity contribution < 1.29 is 13.9 Å².